The molecule has 1 rings (SSSR count). The maximum atomic E-state index is 10.8. The zero-order valence-electron chi connectivity index (χ0n) is 9.51. The van der Waals surface area contributed by atoms with E-state index in [1.807, 2.05) is 5.38 Å². The number of rotatable bonds is 7. The Morgan fingerprint density at radius 2 is 2.35 bits per heavy atom. The molecule has 1 amide bonds. The van der Waals surface area contributed by atoms with Crippen LogP contribution in [0.3, 0.4) is 0 Å². The molecule has 0 fully saturated rings. The number of carbonyl (C=O) groups is 2. The van der Waals surface area contributed by atoms with E-state index in [0.29, 0.717) is 5.75 Å². The average molecular weight is 273 g/mol. The van der Waals surface area contributed by atoms with Crippen LogP contribution in [-0.4, -0.2) is 34.5 Å². The Bertz CT molecular complexity index is 365. The molecule has 0 bridgehead atoms. The van der Waals surface area contributed by atoms with Gasteiger partial charge in [0.15, 0.2) is 0 Å². The van der Waals surface area contributed by atoms with Gasteiger partial charge in [-0.2, -0.15) is 23.1 Å². The number of carboxylic acid groups (broad SMARTS) is 1. The molecule has 1 aromatic rings. The van der Waals surface area contributed by atoms with Gasteiger partial charge in [-0.1, -0.05) is 0 Å². The van der Waals surface area contributed by atoms with Gasteiger partial charge in [0.25, 0.3) is 0 Å². The Morgan fingerprint density at radius 1 is 1.59 bits per heavy atom. The van der Waals surface area contributed by atoms with E-state index >= 15 is 0 Å². The van der Waals surface area contributed by atoms with E-state index in [9.17, 15) is 9.59 Å². The van der Waals surface area contributed by atoms with Crippen molar-refractivity contribution in [1.29, 1.82) is 0 Å². The third-order valence-electron chi connectivity index (χ3n) is 2.08. The minimum atomic E-state index is -0.983. The maximum absolute atomic E-state index is 10.8. The summed E-state index contributed by atoms with van der Waals surface area (Å²) in [7, 11) is 0. The summed E-state index contributed by atoms with van der Waals surface area (Å²) in [5, 5.41) is 15.4. The first-order chi connectivity index (χ1) is 8.09. The van der Waals surface area contributed by atoms with E-state index in [1.54, 1.807) is 11.3 Å². The zero-order valence-corrected chi connectivity index (χ0v) is 11.1. The Kier molecular flexibility index (Phi) is 6.07. The summed E-state index contributed by atoms with van der Waals surface area (Å²) in [5.74, 6) is -0.0295. The van der Waals surface area contributed by atoms with Crippen LogP contribution in [0.1, 0.15) is 12.5 Å². The van der Waals surface area contributed by atoms with Crippen LogP contribution in [0.4, 0.5) is 0 Å². The number of carboxylic acids is 1. The summed E-state index contributed by atoms with van der Waals surface area (Å²) in [6.07, 6.45) is 0.931. The number of aliphatic carboxylic acids is 1. The minimum absolute atomic E-state index is 0.309. The Hall–Kier alpha value is -1.01. The zero-order chi connectivity index (χ0) is 12.7. The molecule has 0 aliphatic rings. The number of hydrogen-bond donors (Lipinski definition) is 2. The summed E-state index contributed by atoms with van der Waals surface area (Å²) >= 11 is 3.20. The third-order valence-corrected chi connectivity index (χ3v) is 3.87. The Morgan fingerprint density at radius 3 is 2.88 bits per heavy atom. The highest BCUT2D eigenvalue weighted by Gasteiger charge is 2.17. The summed E-state index contributed by atoms with van der Waals surface area (Å²) in [5.41, 5.74) is 1.27. The number of hydrogen-bond acceptors (Lipinski definition) is 4. The molecule has 1 atom stereocenters. The molecule has 0 unspecified atom stereocenters. The summed E-state index contributed by atoms with van der Waals surface area (Å²) < 4.78 is 0. The lowest BCUT2D eigenvalue weighted by molar-refractivity contribution is -0.140. The van der Waals surface area contributed by atoms with Crippen molar-refractivity contribution in [3.63, 3.8) is 0 Å². The number of thiophene rings is 1. The van der Waals surface area contributed by atoms with E-state index in [2.05, 4.69) is 16.8 Å². The maximum Gasteiger partial charge on any atom is 0.327 e. The molecular formula is C11H15NO3S2. The van der Waals surface area contributed by atoms with Crippen molar-refractivity contribution < 1.29 is 14.7 Å². The lowest BCUT2D eigenvalue weighted by Crippen LogP contribution is -2.41. The molecule has 0 aliphatic heterocycles. The Labute approximate surface area is 108 Å². The molecule has 2 N–H and O–H groups in total. The van der Waals surface area contributed by atoms with Gasteiger partial charge in [0.05, 0.1) is 0 Å². The summed E-state index contributed by atoms with van der Waals surface area (Å²) in [6.45, 7) is 1.33. The first-order valence-electron chi connectivity index (χ1n) is 5.18. The van der Waals surface area contributed by atoms with Gasteiger partial charge in [-0.15, -0.1) is 0 Å². The highest BCUT2D eigenvalue weighted by atomic mass is 32.2. The van der Waals surface area contributed by atoms with Crippen LogP contribution in [0, 0.1) is 0 Å². The van der Waals surface area contributed by atoms with Gasteiger partial charge < -0.3 is 10.4 Å². The second kappa shape index (κ2) is 7.34. The molecule has 1 heterocycles. The van der Waals surface area contributed by atoms with Crippen molar-refractivity contribution in [3.05, 3.63) is 22.4 Å². The SMILES string of the molecule is CC(=O)N[C@@H](CSCCc1ccsc1)C(=O)O. The predicted molar refractivity (Wildman–Crippen MR) is 70.6 cm³/mol. The predicted octanol–water partition coefficient (Wildman–Crippen LogP) is 1.61. The van der Waals surface area contributed by atoms with Crippen LogP contribution in [0.15, 0.2) is 16.8 Å². The van der Waals surface area contributed by atoms with Crippen molar-refractivity contribution in [2.24, 2.45) is 0 Å². The van der Waals surface area contributed by atoms with Crippen LogP contribution >= 0.6 is 23.1 Å². The van der Waals surface area contributed by atoms with E-state index in [1.165, 1.54) is 24.2 Å². The van der Waals surface area contributed by atoms with Crippen molar-refractivity contribution in [2.75, 3.05) is 11.5 Å². The minimum Gasteiger partial charge on any atom is -0.480 e. The number of amides is 1. The second-order valence-electron chi connectivity index (χ2n) is 3.55. The normalized spacial score (nSPS) is 12.1. The van der Waals surface area contributed by atoms with E-state index in [4.69, 9.17) is 5.11 Å². The largest absolute Gasteiger partial charge is 0.480 e. The molecule has 17 heavy (non-hydrogen) atoms. The van der Waals surface area contributed by atoms with E-state index < -0.39 is 12.0 Å². The van der Waals surface area contributed by atoms with Crippen LogP contribution < -0.4 is 5.32 Å². The van der Waals surface area contributed by atoms with Gasteiger partial charge in [0.2, 0.25) is 5.91 Å². The highest BCUT2D eigenvalue weighted by molar-refractivity contribution is 7.99. The van der Waals surface area contributed by atoms with Gasteiger partial charge in [-0.3, -0.25) is 4.79 Å². The fourth-order valence-electron chi connectivity index (χ4n) is 1.25. The Balaban J connectivity index is 2.23. The molecule has 4 nitrogen and oxygen atoms in total. The number of thioether (sulfide) groups is 1. The standard InChI is InChI=1S/C11H15NO3S2/c1-8(13)12-10(11(14)15)7-17-5-3-9-2-4-16-6-9/h2,4,6,10H,3,5,7H2,1H3,(H,12,13)(H,14,15)/t10-/m0/s1. The van der Waals surface area contributed by atoms with Gasteiger partial charge >= 0.3 is 5.97 Å². The monoisotopic (exact) mass is 273 g/mol. The van der Waals surface area contributed by atoms with Crippen molar-refractivity contribution >= 4 is 35.0 Å². The molecule has 1 aromatic heterocycles. The fourth-order valence-corrected chi connectivity index (χ4v) is 2.96. The van der Waals surface area contributed by atoms with Crippen LogP contribution in [0.25, 0.3) is 0 Å². The number of carbonyl (C=O) groups excluding carboxylic acids is 1. The van der Waals surface area contributed by atoms with Crippen molar-refractivity contribution in [3.8, 4) is 0 Å². The van der Waals surface area contributed by atoms with E-state index in [-0.39, 0.29) is 5.91 Å². The third kappa shape index (κ3) is 5.74. The summed E-state index contributed by atoms with van der Waals surface area (Å²) in [6, 6.07) is 1.27. The molecule has 6 heteroatoms. The molecule has 0 spiro atoms. The first kappa shape index (κ1) is 14.1. The molecule has 0 aromatic carbocycles. The molecule has 0 saturated heterocycles. The van der Waals surface area contributed by atoms with Crippen molar-refractivity contribution in [2.45, 2.75) is 19.4 Å². The first-order valence-corrected chi connectivity index (χ1v) is 7.28. The fraction of sp³-hybridized carbons (Fsp3) is 0.455. The van der Waals surface area contributed by atoms with E-state index in [0.717, 1.165) is 12.2 Å². The number of aryl methyl sites for hydroxylation is 1. The van der Waals surface area contributed by atoms with Gasteiger partial charge in [0, 0.05) is 12.7 Å². The smallest absolute Gasteiger partial charge is 0.327 e. The lowest BCUT2D eigenvalue weighted by atomic mass is 10.3. The molecule has 0 radical (unpaired) electrons. The second-order valence-corrected chi connectivity index (χ2v) is 5.48. The molecular weight excluding hydrogens is 258 g/mol. The van der Waals surface area contributed by atoms with Gasteiger partial charge in [0.1, 0.15) is 6.04 Å². The lowest BCUT2D eigenvalue weighted by Gasteiger charge is -2.12. The van der Waals surface area contributed by atoms with Gasteiger partial charge in [-0.05, 0) is 34.6 Å². The quantitative estimate of drug-likeness (QED) is 0.741. The van der Waals surface area contributed by atoms with Gasteiger partial charge in [-0.25, -0.2) is 4.79 Å². The summed E-state index contributed by atoms with van der Waals surface area (Å²) in [4.78, 5) is 21.6. The molecule has 0 saturated carbocycles. The molecule has 0 aliphatic carbocycles. The van der Waals surface area contributed by atoms with Crippen LogP contribution in [-0.2, 0) is 16.0 Å². The highest BCUT2D eigenvalue weighted by Crippen LogP contribution is 2.11. The van der Waals surface area contributed by atoms with Crippen molar-refractivity contribution in [1.82, 2.24) is 5.32 Å². The van der Waals surface area contributed by atoms with Crippen LogP contribution in [0.5, 0.6) is 0 Å². The van der Waals surface area contributed by atoms with Crippen LogP contribution in [0.2, 0.25) is 0 Å². The average Bonchev–Trinajstić information content (AvgIpc) is 2.74. The topological polar surface area (TPSA) is 66.4 Å². The number of nitrogens with one attached hydrogen (secondary N) is 1. The molecule has 94 valence electrons.